The van der Waals surface area contributed by atoms with Crippen LogP contribution in [0.15, 0.2) is 59.5 Å². The van der Waals surface area contributed by atoms with Crippen molar-refractivity contribution in [3.8, 4) is 0 Å². The Hall–Kier alpha value is -1.72. The van der Waals surface area contributed by atoms with Gasteiger partial charge in [0.05, 0.1) is 10.1 Å². The van der Waals surface area contributed by atoms with E-state index >= 15 is 0 Å². The van der Waals surface area contributed by atoms with Gasteiger partial charge < -0.3 is 5.73 Å². The van der Waals surface area contributed by atoms with Crippen LogP contribution in [0.4, 0.5) is 4.39 Å². The first-order chi connectivity index (χ1) is 9.51. The first-order valence-electron chi connectivity index (χ1n) is 6.32. The highest BCUT2D eigenvalue weighted by molar-refractivity contribution is 7.92. The fourth-order valence-corrected chi connectivity index (χ4v) is 4.64. The first kappa shape index (κ1) is 13.3. The largest absolute Gasteiger partial charge is 0.326 e. The van der Waals surface area contributed by atoms with E-state index in [0.29, 0.717) is 0 Å². The molecule has 1 aliphatic carbocycles. The number of halogens is 1. The quantitative estimate of drug-likeness (QED) is 0.942. The fourth-order valence-electron chi connectivity index (χ4n) is 2.57. The SMILES string of the molecule is N[C@H]1[C@H](c2ccc(F)cc2)[C@@H]1S(=O)(=O)c1ccccc1. The minimum atomic E-state index is -3.44. The predicted octanol–water partition coefficient (Wildman–Crippen LogP) is 2.09. The zero-order valence-electron chi connectivity index (χ0n) is 10.6. The molecule has 0 radical (unpaired) electrons. The summed E-state index contributed by atoms with van der Waals surface area (Å²) in [6, 6.07) is 13.7. The molecule has 2 N–H and O–H groups in total. The van der Waals surface area contributed by atoms with E-state index in [1.807, 2.05) is 0 Å². The van der Waals surface area contributed by atoms with Crippen molar-refractivity contribution in [2.45, 2.75) is 22.1 Å². The Balaban J connectivity index is 1.91. The highest BCUT2D eigenvalue weighted by Crippen LogP contribution is 2.46. The van der Waals surface area contributed by atoms with Crippen LogP contribution in [-0.4, -0.2) is 19.7 Å². The second-order valence-corrected chi connectivity index (χ2v) is 7.08. The molecular formula is C15H14FNO2S. The maximum atomic E-state index is 12.9. The normalized spacial score (nSPS) is 25.4. The van der Waals surface area contributed by atoms with E-state index in [1.54, 1.807) is 42.5 Å². The minimum absolute atomic E-state index is 0.263. The van der Waals surface area contributed by atoms with Crippen LogP contribution in [-0.2, 0) is 9.84 Å². The average molecular weight is 291 g/mol. The van der Waals surface area contributed by atoms with Gasteiger partial charge in [-0.05, 0) is 29.8 Å². The number of nitrogens with two attached hydrogens (primary N) is 1. The third kappa shape index (κ3) is 2.13. The third-order valence-electron chi connectivity index (χ3n) is 3.69. The smallest absolute Gasteiger partial charge is 0.183 e. The second-order valence-electron chi connectivity index (χ2n) is 4.98. The minimum Gasteiger partial charge on any atom is -0.326 e. The molecule has 0 aromatic heterocycles. The molecule has 3 nitrogen and oxygen atoms in total. The van der Waals surface area contributed by atoms with Crippen LogP contribution in [0.3, 0.4) is 0 Å². The third-order valence-corrected chi connectivity index (χ3v) is 5.95. The zero-order valence-corrected chi connectivity index (χ0v) is 11.4. The van der Waals surface area contributed by atoms with E-state index in [0.717, 1.165) is 5.56 Å². The first-order valence-corrected chi connectivity index (χ1v) is 7.86. The fraction of sp³-hybridized carbons (Fsp3) is 0.200. The molecule has 3 rings (SSSR count). The number of hydrogen-bond donors (Lipinski definition) is 1. The van der Waals surface area contributed by atoms with Crippen molar-refractivity contribution in [3.05, 3.63) is 66.0 Å². The molecule has 20 heavy (non-hydrogen) atoms. The van der Waals surface area contributed by atoms with Gasteiger partial charge in [0.2, 0.25) is 0 Å². The molecule has 0 aliphatic heterocycles. The molecule has 0 bridgehead atoms. The maximum Gasteiger partial charge on any atom is 0.183 e. The van der Waals surface area contributed by atoms with Gasteiger partial charge in [-0.3, -0.25) is 0 Å². The summed E-state index contributed by atoms with van der Waals surface area (Å²) in [6.07, 6.45) is 0. The monoisotopic (exact) mass is 291 g/mol. The van der Waals surface area contributed by atoms with Crippen molar-refractivity contribution in [2.24, 2.45) is 5.73 Å². The van der Waals surface area contributed by atoms with Crippen LogP contribution in [0, 0.1) is 5.82 Å². The zero-order chi connectivity index (χ0) is 14.3. The molecule has 2 aromatic rings. The maximum absolute atomic E-state index is 12.9. The van der Waals surface area contributed by atoms with Crippen LogP contribution in [0.25, 0.3) is 0 Å². The Morgan fingerprint density at radius 1 is 0.950 bits per heavy atom. The molecule has 1 aliphatic rings. The van der Waals surface area contributed by atoms with Gasteiger partial charge in [0.1, 0.15) is 5.82 Å². The van der Waals surface area contributed by atoms with Crippen molar-refractivity contribution in [1.82, 2.24) is 0 Å². The lowest BCUT2D eigenvalue weighted by Crippen LogP contribution is -2.15. The standard InChI is InChI=1S/C15H14FNO2S/c16-11-8-6-10(7-9-11)13-14(17)15(13)20(18,19)12-4-2-1-3-5-12/h1-9,13-15H,17H2/t13-,14-,15-/m0/s1. The molecular weight excluding hydrogens is 277 g/mol. The van der Waals surface area contributed by atoms with Crippen molar-refractivity contribution < 1.29 is 12.8 Å². The molecule has 2 aromatic carbocycles. The summed E-state index contributed by atoms with van der Waals surface area (Å²) in [5, 5.41) is -0.629. The molecule has 0 heterocycles. The molecule has 0 unspecified atom stereocenters. The van der Waals surface area contributed by atoms with Gasteiger partial charge >= 0.3 is 0 Å². The summed E-state index contributed by atoms with van der Waals surface area (Å²) in [5.74, 6) is -0.605. The van der Waals surface area contributed by atoms with Crippen LogP contribution in [0.1, 0.15) is 11.5 Å². The van der Waals surface area contributed by atoms with Crippen LogP contribution in [0.5, 0.6) is 0 Å². The molecule has 0 spiro atoms. The van der Waals surface area contributed by atoms with E-state index in [4.69, 9.17) is 5.73 Å². The van der Waals surface area contributed by atoms with Crippen molar-refractivity contribution in [2.75, 3.05) is 0 Å². The molecule has 5 heteroatoms. The number of benzene rings is 2. The van der Waals surface area contributed by atoms with Crippen LogP contribution >= 0.6 is 0 Å². The van der Waals surface area contributed by atoms with E-state index in [2.05, 4.69) is 0 Å². The summed E-state index contributed by atoms with van der Waals surface area (Å²) in [5.41, 5.74) is 6.70. The predicted molar refractivity (Wildman–Crippen MR) is 74.5 cm³/mol. The molecule has 0 saturated heterocycles. The molecule has 1 saturated carbocycles. The number of sulfone groups is 1. The molecule has 0 amide bonds. The van der Waals surface area contributed by atoms with Crippen molar-refractivity contribution >= 4 is 9.84 Å². The molecule has 104 valence electrons. The Bertz CT molecular complexity index is 713. The van der Waals surface area contributed by atoms with Gasteiger partial charge in [-0.15, -0.1) is 0 Å². The lowest BCUT2D eigenvalue weighted by molar-refractivity contribution is 0.593. The summed E-state index contributed by atoms with van der Waals surface area (Å²) in [6.45, 7) is 0. The summed E-state index contributed by atoms with van der Waals surface area (Å²) in [4.78, 5) is 0.282. The van der Waals surface area contributed by atoms with E-state index in [9.17, 15) is 12.8 Å². The Morgan fingerprint density at radius 2 is 1.55 bits per heavy atom. The summed E-state index contributed by atoms with van der Waals surface area (Å²) in [7, 11) is -3.44. The van der Waals surface area contributed by atoms with Crippen LogP contribution in [0.2, 0.25) is 0 Å². The Labute approximate surface area is 117 Å². The van der Waals surface area contributed by atoms with E-state index < -0.39 is 21.1 Å². The Morgan fingerprint density at radius 3 is 2.15 bits per heavy atom. The Kier molecular flexibility index (Phi) is 3.11. The van der Waals surface area contributed by atoms with E-state index in [1.165, 1.54) is 12.1 Å². The highest BCUT2D eigenvalue weighted by Gasteiger charge is 2.57. The lowest BCUT2D eigenvalue weighted by Gasteiger charge is -2.03. The van der Waals surface area contributed by atoms with Crippen LogP contribution < -0.4 is 5.73 Å². The summed E-state index contributed by atoms with van der Waals surface area (Å²) < 4.78 is 37.9. The topological polar surface area (TPSA) is 60.2 Å². The van der Waals surface area contributed by atoms with Crippen molar-refractivity contribution in [1.29, 1.82) is 0 Å². The molecule has 1 fully saturated rings. The second kappa shape index (κ2) is 4.68. The van der Waals surface area contributed by atoms with Gasteiger partial charge in [-0.25, -0.2) is 12.8 Å². The van der Waals surface area contributed by atoms with Gasteiger partial charge in [0, 0.05) is 12.0 Å². The highest BCUT2D eigenvalue weighted by atomic mass is 32.2. The van der Waals surface area contributed by atoms with E-state index in [-0.39, 0.29) is 16.6 Å². The summed E-state index contributed by atoms with van der Waals surface area (Å²) >= 11 is 0. The lowest BCUT2D eigenvalue weighted by atomic mass is 10.1. The average Bonchev–Trinajstić information content (AvgIpc) is 3.13. The van der Waals surface area contributed by atoms with Gasteiger partial charge in [-0.2, -0.15) is 0 Å². The van der Waals surface area contributed by atoms with Gasteiger partial charge in [0.15, 0.2) is 9.84 Å². The number of hydrogen-bond acceptors (Lipinski definition) is 3. The molecule has 3 atom stereocenters. The number of rotatable bonds is 3. The van der Waals surface area contributed by atoms with Crippen molar-refractivity contribution in [3.63, 3.8) is 0 Å². The van der Waals surface area contributed by atoms with Gasteiger partial charge in [0.25, 0.3) is 0 Å². The van der Waals surface area contributed by atoms with Gasteiger partial charge in [-0.1, -0.05) is 30.3 Å².